The molecule has 3 rings (SSSR count). The number of hydrogen-bond donors (Lipinski definition) is 0. The van der Waals surface area contributed by atoms with Crippen molar-refractivity contribution in [2.75, 3.05) is 0 Å². The molecule has 166 valence electrons. The third-order valence-corrected chi connectivity index (χ3v) is 6.32. The van der Waals surface area contributed by atoms with Gasteiger partial charge in [0.2, 0.25) is 10.2 Å². The molecule has 0 saturated heterocycles. The molecule has 7 heteroatoms. The van der Waals surface area contributed by atoms with Gasteiger partial charge in [-0.2, -0.15) is 0 Å². The molecular weight excluding hydrogens is 459 g/mol. The second-order valence-corrected chi connectivity index (χ2v) is 8.97. The molecule has 0 atom stereocenters. The minimum atomic E-state index is -0.541. The van der Waals surface area contributed by atoms with Gasteiger partial charge in [-0.15, -0.1) is 0 Å². The van der Waals surface area contributed by atoms with E-state index in [-0.39, 0.29) is 15.1 Å². The summed E-state index contributed by atoms with van der Waals surface area (Å²) in [6, 6.07) is 17.7. The van der Waals surface area contributed by atoms with Gasteiger partial charge in [-0.25, -0.2) is 9.18 Å². The lowest BCUT2D eigenvalue weighted by Crippen LogP contribution is -2.08. The fourth-order valence-electron chi connectivity index (χ4n) is 2.65. The molecule has 0 saturated carbocycles. The zero-order valence-electron chi connectivity index (χ0n) is 17.7. The van der Waals surface area contributed by atoms with Crippen molar-refractivity contribution < 1.29 is 23.5 Å². The lowest BCUT2D eigenvalue weighted by molar-refractivity contribution is -0.108. The molecule has 0 radical (unpaired) electrons. The van der Waals surface area contributed by atoms with Crippen molar-refractivity contribution in [1.29, 1.82) is 0 Å². The van der Waals surface area contributed by atoms with Crippen LogP contribution in [0.1, 0.15) is 17.3 Å². The normalized spacial score (nSPS) is 10.4. The number of benzene rings is 3. The number of carbonyl (C=O) groups excluding carboxylic acids is 3. The van der Waals surface area contributed by atoms with E-state index in [4.69, 9.17) is 4.74 Å². The smallest absolute Gasteiger partial charge is 0.343 e. The van der Waals surface area contributed by atoms with Gasteiger partial charge in [0.05, 0.1) is 10.5 Å². The zero-order chi connectivity index (χ0) is 24.0. The summed E-state index contributed by atoms with van der Waals surface area (Å²) in [7, 11) is 0. The summed E-state index contributed by atoms with van der Waals surface area (Å²) in [5.41, 5.74) is 2.01. The topological polar surface area (TPSA) is 60.4 Å². The van der Waals surface area contributed by atoms with Gasteiger partial charge in [0.1, 0.15) is 11.6 Å². The van der Waals surface area contributed by atoms with Crippen molar-refractivity contribution in [2.45, 2.75) is 16.7 Å². The lowest BCUT2D eigenvalue weighted by atomic mass is 10.0. The summed E-state index contributed by atoms with van der Waals surface area (Å²) >= 11 is 1.82. The molecule has 33 heavy (non-hydrogen) atoms. The van der Waals surface area contributed by atoms with E-state index >= 15 is 0 Å². The minimum absolute atomic E-state index is 0.173. The quantitative estimate of drug-likeness (QED) is 0.163. The SMILES string of the molecule is C=CC(=O)Sc1ccc(OC(=O)c2ccc(-c3ccc(SC(=O)C(=C)C)c(F)c3)cc2)cc1. The predicted octanol–water partition coefficient (Wildman–Crippen LogP) is 6.71. The Morgan fingerprint density at radius 2 is 1.55 bits per heavy atom. The Bertz CT molecular complexity index is 1230. The van der Waals surface area contributed by atoms with Gasteiger partial charge in [-0.05, 0) is 102 Å². The Morgan fingerprint density at radius 3 is 2.12 bits per heavy atom. The summed E-state index contributed by atoms with van der Waals surface area (Å²) in [6.07, 6.45) is 1.23. The number of carbonyl (C=O) groups is 3. The maximum absolute atomic E-state index is 14.4. The molecule has 0 heterocycles. The van der Waals surface area contributed by atoms with Crippen molar-refractivity contribution in [3.63, 3.8) is 0 Å². The van der Waals surface area contributed by atoms with Crippen molar-refractivity contribution in [2.24, 2.45) is 0 Å². The van der Waals surface area contributed by atoms with Gasteiger partial charge in [0.15, 0.2) is 0 Å². The van der Waals surface area contributed by atoms with Crippen LogP contribution in [0.5, 0.6) is 5.75 Å². The largest absolute Gasteiger partial charge is 0.423 e. The second-order valence-electron chi connectivity index (χ2n) is 6.88. The average Bonchev–Trinajstić information content (AvgIpc) is 2.81. The molecule has 3 aromatic carbocycles. The van der Waals surface area contributed by atoms with E-state index in [0.29, 0.717) is 32.9 Å². The molecule has 3 aromatic rings. The maximum Gasteiger partial charge on any atom is 0.343 e. The number of rotatable bonds is 7. The predicted molar refractivity (Wildman–Crippen MR) is 130 cm³/mol. The second kappa shape index (κ2) is 10.9. The van der Waals surface area contributed by atoms with Gasteiger partial charge < -0.3 is 4.74 Å². The highest BCUT2D eigenvalue weighted by Crippen LogP contribution is 2.29. The summed E-state index contributed by atoms with van der Waals surface area (Å²) < 4.78 is 19.8. The third kappa shape index (κ3) is 6.54. The van der Waals surface area contributed by atoms with Crippen LogP contribution in [0.3, 0.4) is 0 Å². The van der Waals surface area contributed by atoms with Gasteiger partial charge in [-0.3, -0.25) is 9.59 Å². The van der Waals surface area contributed by atoms with E-state index in [1.165, 1.54) is 12.1 Å². The van der Waals surface area contributed by atoms with Gasteiger partial charge in [-0.1, -0.05) is 31.4 Å². The van der Waals surface area contributed by atoms with Gasteiger partial charge >= 0.3 is 5.97 Å². The first-order valence-electron chi connectivity index (χ1n) is 9.71. The van der Waals surface area contributed by atoms with E-state index in [9.17, 15) is 18.8 Å². The molecule has 0 unspecified atom stereocenters. The molecule has 0 fully saturated rings. The molecule has 0 bridgehead atoms. The van der Waals surface area contributed by atoms with Crippen LogP contribution in [0.4, 0.5) is 4.39 Å². The van der Waals surface area contributed by atoms with Crippen LogP contribution in [0.15, 0.2) is 101 Å². The summed E-state index contributed by atoms with van der Waals surface area (Å²) in [6.45, 7) is 8.57. The van der Waals surface area contributed by atoms with Crippen LogP contribution in [0.25, 0.3) is 11.1 Å². The number of ether oxygens (including phenoxy) is 1. The molecule has 0 amide bonds. The minimum Gasteiger partial charge on any atom is -0.423 e. The highest BCUT2D eigenvalue weighted by molar-refractivity contribution is 8.14. The van der Waals surface area contributed by atoms with Crippen LogP contribution >= 0.6 is 23.5 Å². The van der Waals surface area contributed by atoms with Crippen molar-refractivity contribution in [3.05, 3.63) is 103 Å². The molecule has 0 aliphatic carbocycles. The molecule has 0 spiro atoms. The fourth-order valence-corrected chi connectivity index (χ4v) is 3.90. The first-order chi connectivity index (χ1) is 15.8. The molecular formula is C26H19FO4S2. The standard InChI is InChI=1S/C26H19FO4S2/c1-4-24(28)32-21-12-10-20(11-13-21)31-25(29)18-7-5-17(6-8-18)19-9-14-23(22(27)15-19)33-26(30)16(2)3/h4-15H,1-2H2,3H3. The number of halogens is 1. The lowest BCUT2D eigenvalue weighted by Gasteiger charge is -2.08. The van der Waals surface area contributed by atoms with Crippen LogP contribution in [0.2, 0.25) is 0 Å². The summed E-state index contributed by atoms with van der Waals surface area (Å²) in [4.78, 5) is 36.5. The number of hydrogen-bond acceptors (Lipinski definition) is 6. The first-order valence-corrected chi connectivity index (χ1v) is 11.3. The van der Waals surface area contributed by atoms with Crippen molar-refractivity contribution in [1.82, 2.24) is 0 Å². The molecule has 0 N–H and O–H groups in total. The van der Waals surface area contributed by atoms with Crippen molar-refractivity contribution in [3.8, 4) is 16.9 Å². The van der Waals surface area contributed by atoms with Crippen LogP contribution in [-0.2, 0) is 9.59 Å². The van der Waals surface area contributed by atoms with E-state index < -0.39 is 11.8 Å². The Morgan fingerprint density at radius 1 is 0.909 bits per heavy atom. The van der Waals surface area contributed by atoms with Crippen LogP contribution in [0, 0.1) is 5.82 Å². The van der Waals surface area contributed by atoms with E-state index in [0.717, 1.165) is 23.5 Å². The molecule has 0 aromatic heterocycles. The van der Waals surface area contributed by atoms with Crippen LogP contribution in [-0.4, -0.2) is 16.2 Å². The van der Waals surface area contributed by atoms with E-state index in [1.807, 2.05) is 0 Å². The third-order valence-electron chi connectivity index (χ3n) is 4.36. The van der Waals surface area contributed by atoms with Crippen molar-refractivity contribution >= 4 is 39.7 Å². The van der Waals surface area contributed by atoms with Gasteiger partial charge in [0, 0.05) is 4.90 Å². The number of esters is 1. The summed E-state index contributed by atoms with van der Waals surface area (Å²) in [5, 5.41) is -0.461. The monoisotopic (exact) mass is 478 g/mol. The first kappa shape index (κ1) is 24.2. The van der Waals surface area contributed by atoms with Gasteiger partial charge in [0.25, 0.3) is 0 Å². The number of thioether (sulfide) groups is 2. The Labute approximate surface area is 199 Å². The van der Waals surface area contributed by atoms with Crippen LogP contribution < -0.4 is 4.74 Å². The van der Waals surface area contributed by atoms with E-state index in [1.54, 1.807) is 67.6 Å². The van der Waals surface area contributed by atoms with E-state index in [2.05, 4.69) is 13.2 Å². The average molecular weight is 479 g/mol. The molecule has 0 aliphatic rings. The summed E-state index contributed by atoms with van der Waals surface area (Å²) in [5.74, 6) is -0.703. The zero-order valence-corrected chi connectivity index (χ0v) is 19.3. The Kier molecular flexibility index (Phi) is 8.03. The Hall–Kier alpha value is -3.42. The maximum atomic E-state index is 14.4. The highest BCUT2D eigenvalue weighted by Gasteiger charge is 2.13. The highest BCUT2D eigenvalue weighted by atomic mass is 32.2. The fraction of sp³-hybridized carbons (Fsp3) is 0.0385. The molecule has 0 aliphatic heterocycles. The Balaban J connectivity index is 1.67. The molecule has 4 nitrogen and oxygen atoms in total.